The number of halogens is 1. The number of aryl methyl sites for hydroxylation is 1. The second-order valence-corrected chi connectivity index (χ2v) is 8.17. The second kappa shape index (κ2) is 7.35. The van der Waals surface area contributed by atoms with E-state index in [1.165, 1.54) is 22.2 Å². The maximum absolute atomic E-state index is 12.8. The Balaban J connectivity index is 1.59. The van der Waals surface area contributed by atoms with Gasteiger partial charge in [-0.05, 0) is 43.3 Å². The zero-order valence-electron chi connectivity index (χ0n) is 14.3. The Labute approximate surface area is 171 Å². The van der Waals surface area contributed by atoms with Crippen LogP contribution in [0.1, 0.15) is 11.3 Å². The van der Waals surface area contributed by atoms with Gasteiger partial charge in [-0.3, -0.25) is 9.69 Å². The molecule has 1 fully saturated rings. The summed E-state index contributed by atoms with van der Waals surface area (Å²) in [5.74, 6) is 1.21. The van der Waals surface area contributed by atoms with Gasteiger partial charge in [0.15, 0.2) is 4.32 Å². The summed E-state index contributed by atoms with van der Waals surface area (Å²) in [4.78, 5) is 14.8. The Kier molecular flexibility index (Phi) is 4.91. The quantitative estimate of drug-likeness (QED) is 0.373. The summed E-state index contributed by atoms with van der Waals surface area (Å²) < 4.78 is 6.38. The van der Waals surface area contributed by atoms with Gasteiger partial charge in [-0.2, -0.15) is 0 Å². The van der Waals surface area contributed by atoms with Crippen LogP contribution in [-0.2, 0) is 4.79 Å². The van der Waals surface area contributed by atoms with E-state index in [0.29, 0.717) is 25.7 Å². The van der Waals surface area contributed by atoms with Crippen LogP contribution in [0.25, 0.3) is 17.4 Å². The number of anilines is 1. The Morgan fingerprint density at radius 2 is 1.74 bits per heavy atom. The number of thiocarbonyl (C=S) groups is 1. The van der Waals surface area contributed by atoms with Crippen molar-refractivity contribution in [3.63, 3.8) is 0 Å². The number of carbonyl (C=O) groups is 1. The van der Waals surface area contributed by atoms with Crippen LogP contribution in [0.2, 0.25) is 5.02 Å². The van der Waals surface area contributed by atoms with Crippen molar-refractivity contribution >= 4 is 57.6 Å². The van der Waals surface area contributed by atoms with Gasteiger partial charge in [0.05, 0.1) is 10.6 Å². The predicted molar refractivity (Wildman–Crippen MR) is 116 cm³/mol. The maximum Gasteiger partial charge on any atom is 0.270 e. The molecule has 3 aromatic rings. The summed E-state index contributed by atoms with van der Waals surface area (Å²) in [7, 11) is 0. The molecule has 27 heavy (non-hydrogen) atoms. The molecule has 0 atom stereocenters. The normalized spacial score (nSPS) is 15.8. The van der Waals surface area contributed by atoms with Crippen molar-refractivity contribution in [1.29, 1.82) is 0 Å². The molecule has 0 bridgehead atoms. The van der Waals surface area contributed by atoms with E-state index in [0.717, 1.165) is 11.3 Å². The van der Waals surface area contributed by atoms with Crippen LogP contribution < -0.4 is 4.90 Å². The fraction of sp³-hybridized carbons (Fsp3) is 0.0476. The summed E-state index contributed by atoms with van der Waals surface area (Å²) in [6.45, 7) is 2.04. The van der Waals surface area contributed by atoms with Gasteiger partial charge in [-0.25, -0.2) is 0 Å². The van der Waals surface area contributed by atoms with Gasteiger partial charge in [0.2, 0.25) is 0 Å². The molecular formula is C21H14ClNO2S2. The Morgan fingerprint density at radius 3 is 2.44 bits per heavy atom. The number of hydrogen-bond donors (Lipinski definition) is 0. The summed E-state index contributed by atoms with van der Waals surface area (Å²) in [6, 6.07) is 18.9. The fourth-order valence-electron chi connectivity index (χ4n) is 2.71. The molecule has 1 aliphatic heterocycles. The van der Waals surface area contributed by atoms with E-state index in [9.17, 15) is 4.79 Å². The largest absolute Gasteiger partial charge is 0.457 e. The van der Waals surface area contributed by atoms with Crippen LogP contribution in [0.15, 0.2) is 70.0 Å². The van der Waals surface area contributed by atoms with Gasteiger partial charge in [-0.1, -0.05) is 65.4 Å². The lowest BCUT2D eigenvalue weighted by Crippen LogP contribution is -2.27. The first-order valence-corrected chi connectivity index (χ1v) is 9.82. The number of carbonyl (C=O) groups excluding carboxylic acids is 1. The van der Waals surface area contributed by atoms with Crippen LogP contribution in [-0.4, -0.2) is 10.2 Å². The molecule has 0 N–H and O–H groups in total. The molecule has 0 spiro atoms. The molecule has 134 valence electrons. The average Bonchev–Trinajstić information content (AvgIpc) is 3.22. The van der Waals surface area contributed by atoms with E-state index in [-0.39, 0.29) is 5.91 Å². The van der Waals surface area contributed by atoms with Crippen molar-refractivity contribution in [3.05, 3.63) is 81.9 Å². The SMILES string of the molecule is Cc1ccc(-c2ccc(C=C3SC(=S)N(c4ccc(Cl)cc4)C3=O)o2)cc1. The summed E-state index contributed by atoms with van der Waals surface area (Å²) in [5, 5.41) is 0.610. The monoisotopic (exact) mass is 411 g/mol. The molecular weight excluding hydrogens is 398 g/mol. The number of amides is 1. The third-order valence-corrected chi connectivity index (χ3v) is 5.67. The molecule has 4 rings (SSSR count). The van der Waals surface area contributed by atoms with Gasteiger partial charge in [0.25, 0.3) is 5.91 Å². The molecule has 1 aromatic heterocycles. The van der Waals surface area contributed by atoms with Gasteiger partial charge < -0.3 is 4.42 Å². The van der Waals surface area contributed by atoms with Crippen molar-refractivity contribution in [1.82, 2.24) is 0 Å². The molecule has 0 radical (unpaired) electrons. The van der Waals surface area contributed by atoms with Crippen molar-refractivity contribution in [2.24, 2.45) is 0 Å². The van der Waals surface area contributed by atoms with Gasteiger partial charge in [0, 0.05) is 16.7 Å². The van der Waals surface area contributed by atoms with Crippen molar-refractivity contribution < 1.29 is 9.21 Å². The molecule has 1 saturated heterocycles. The predicted octanol–water partition coefficient (Wildman–Crippen LogP) is 6.31. The van der Waals surface area contributed by atoms with Gasteiger partial charge >= 0.3 is 0 Å². The van der Waals surface area contributed by atoms with Gasteiger partial charge in [-0.15, -0.1) is 0 Å². The molecule has 1 aliphatic rings. The molecule has 0 unspecified atom stereocenters. The number of benzene rings is 2. The number of thioether (sulfide) groups is 1. The third kappa shape index (κ3) is 3.72. The Morgan fingerprint density at radius 1 is 1.04 bits per heavy atom. The molecule has 0 aliphatic carbocycles. The standard InChI is InChI=1S/C21H14ClNO2S2/c1-13-2-4-14(5-3-13)18-11-10-17(25-18)12-19-20(24)23(21(26)27-19)16-8-6-15(22)7-9-16/h2-12H,1H3. The van der Waals surface area contributed by atoms with Crippen LogP contribution in [0.3, 0.4) is 0 Å². The molecule has 2 aromatic carbocycles. The number of nitrogens with zero attached hydrogens (tertiary/aromatic N) is 1. The molecule has 2 heterocycles. The minimum atomic E-state index is -0.166. The Bertz CT molecular complexity index is 1050. The summed E-state index contributed by atoms with van der Waals surface area (Å²) >= 11 is 12.6. The van der Waals surface area contributed by atoms with Gasteiger partial charge in [0.1, 0.15) is 11.5 Å². The molecule has 3 nitrogen and oxygen atoms in total. The lowest BCUT2D eigenvalue weighted by molar-refractivity contribution is -0.113. The molecule has 6 heteroatoms. The number of rotatable bonds is 3. The smallest absolute Gasteiger partial charge is 0.270 e. The number of hydrogen-bond acceptors (Lipinski definition) is 4. The first-order valence-electron chi connectivity index (χ1n) is 8.22. The van der Waals surface area contributed by atoms with E-state index in [4.69, 9.17) is 28.2 Å². The minimum Gasteiger partial charge on any atom is -0.457 e. The number of furan rings is 1. The van der Waals surface area contributed by atoms with Crippen LogP contribution >= 0.6 is 35.6 Å². The van der Waals surface area contributed by atoms with Crippen molar-refractivity contribution in [3.8, 4) is 11.3 Å². The van der Waals surface area contributed by atoms with E-state index in [2.05, 4.69) is 0 Å². The van der Waals surface area contributed by atoms with Crippen LogP contribution in [0, 0.1) is 6.92 Å². The molecule has 1 amide bonds. The summed E-state index contributed by atoms with van der Waals surface area (Å²) in [5.41, 5.74) is 2.88. The third-order valence-electron chi connectivity index (χ3n) is 4.11. The van der Waals surface area contributed by atoms with Crippen LogP contribution in [0.4, 0.5) is 5.69 Å². The van der Waals surface area contributed by atoms with Crippen molar-refractivity contribution in [2.75, 3.05) is 4.90 Å². The lowest BCUT2D eigenvalue weighted by atomic mass is 10.1. The highest BCUT2D eigenvalue weighted by molar-refractivity contribution is 8.27. The fourth-order valence-corrected chi connectivity index (χ4v) is 4.12. The van der Waals surface area contributed by atoms with E-state index < -0.39 is 0 Å². The first kappa shape index (κ1) is 18.0. The maximum atomic E-state index is 12.8. The van der Waals surface area contributed by atoms with E-state index in [1.54, 1.807) is 30.3 Å². The average molecular weight is 412 g/mol. The van der Waals surface area contributed by atoms with Crippen molar-refractivity contribution in [2.45, 2.75) is 6.92 Å². The zero-order chi connectivity index (χ0) is 19.0. The summed E-state index contributed by atoms with van der Waals surface area (Å²) in [6.07, 6.45) is 1.73. The van der Waals surface area contributed by atoms with E-state index >= 15 is 0 Å². The Hall–Kier alpha value is -2.34. The highest BCUT2D eigenvalue weighted by Gasteiger charge is 2.33. The highest BCUT2D eigenvalue weighted by atomic mass is 35.5. The first-order chi connectivity index (χ1) is 13.0. The topological polar surface area (TPSA) is 33.5 Å². The van der Waals surface area contributed by atoms with E-state index in [1.807, 2.05) is 43.3 Å². The highest BCUT2D eigenvalue weighted by Crippen LogP contribution is 2.37. The molecule has 0 saturated carbocycles. The zero-order valence-corrected chi connectivity index (χ0v) is 16.7. The minimum absolute atomic E-state index is 0.166. The van der Waals surface area contributed by atoms with Crippen LogP contribution in [0.5, 0.6) is 0 Å². The lowest BCUT2D eigenvalue weighted by Gasteiger charge is -2.14. The second-order valence-electron chi connectivity index (χ2n) is 6.06.